The smallest absolute Gasteiger partial charge is 0.339 e. The van der Waals surface area contributed by atoms with Crippen molar-refractivity contribution >= 4 is 16.9 Å². The van der Waals surface area contributed by atoms with Gasteiger partial charge < -0.3 is 19.2 Å². The maximum atomic E-state index is 13.8. The summed E-state index contributed by atoms with van der Waals surface area (Å²) in [5.74, 6) is 0.427. The Hall–Kier alpha value is -3.12. The van der Waals surface area contributed by atoms with Gasteiger partial charge in [0, 0.05) is 29.0 Å². The Kier molecular flexibility index (Phi) is 6.41. The fraction of sp³-hybridized carbons (Fsp3) is 0.467. The number of hydrogen-bond acceptors (Lipinski definition) is 5. The highest BCUT2D eigenvalue weighted by molar-refractivity contribution is 5.86. The molecule has 6 nitrogen and oxygen atoms in total. The van der Waals surface area contributed by atoms with Gasteiger partial charge in [-0.25, -0.2) is 4.79 Å². The zero-order chi connectivity index (χ0) is 25.6. The van der Waals surface area contributed by atoms with E-state index in [-0.39, 0.29) is 23.5 Å². The van der Waals surface area contributed by atoms with Crippen LogP contribution in [0.3, 0.4) is 0 Å². The molecule has 0 spiro atoms. The number of piperidine rings is 1. The fourth-order valence-electron chi connectivity index (χ4n) is 6.22. The molecule has 0 unspecified atom stereocenters. The van der Waals surface area contributed by atoms with E-state index in [1.54, 1.807) is 13.8 Å². The summed E-state index contributed by atoms with van der Waals surface area (Å²) in [6.07, 6.45) is 3.62. The molecule has 2 aliphatic rings. The van der Waals surface area contributed by atoms with Crippen LogP contribution in [0.4, 0.5) is 0 Å². The van der Waals surface area contributed by atoms with Crippen LogP contribution in [0.25, 0.3) is 11.0 Å². The van der Waals surface area contributed by atoms with E-state index in [1.165, 1.54) is 0 Å². The molecule has 3 aromatic rings. The van der Waals surface area contributed by atoms with E-state index >= 15 is 0 Å². The zero-order valence-corrected chi connectivity index (χ0v) is 21.5. The molecule has 1 N–H and O–H groups in total. The first-order valence-corrected chi connectivity index (χ1v) is 13.0. The van der Waals surface area contributed by atoms with Crippen molar-refractivity contribution in [3.8, 4) is 5.75 Å². The highest BCUT2D eigenvalue weighted by Crippen LogP contribution is 2.49. The van der Waals surface area contributed by atoms with Gasteiger partial charge >= 0.3 is 5.63 Å². The Labute approximate surface area is 211 Å². The average Bonchev–Trinajstić information content (AvgIpc) is 2.88. The minimum absolute atomic E-state index is 0.00134. The van der Waals surface area contributed by atoms with Crippen LogP contribution in [0.1, 0.15) is 67.3 Å². The first kappa shape index (κ1) is 24.6. The number of ether oxygens (including phenoxy) is 1. The zero-order valence-electron chi connectivity index (χ0n) is 21.5. The number of fused-ring (bicyclic) bond motifs is 2. The van der Waals surface area contributed by atoms with Crippen LogP contribution in [0.2, 0.25) is 0 Å². The monoisotopic (exact) mass is 489 g/mol. The van der Waals surface area contributed by atoms with E-state index in [4.69, 9.17) is 9.15 Å². The summed E-state index contributed by atoms with van der Waals surface area (Å²) in [6, 6.07) is 13.6. The molecule has 1 aliphatic heterocycles. The Morgan fingerprint density at radius 2 is 1.81 bits per heavy atom. The maximum Gasteiger partial charge on any atom is 0.339 e. The molecule has 2 fully saturated rings. The van der Waals surface area contributed by atoms with Crippen LogP contribution in [-0.2, 0) is 4.79 Å². The van der Waals surface area contributed by atoms with Crippen molar-refractivity contribution in [1.82, 2.24) is 4.90 Å². The lowest BCUT2D eigenvalue weighted by molar-refractivity contribution is -0.161. The summed E-state index contributed by atoms with van der Waals surface area (Å²) in [6.45, 7) is 7.78. The normalized spacial score (nSPS) is 24.9. The summed E-state index contributed by atoms with van der Waals surface area (Å²) < 4.78 is 11.8. The molecule has 1 saturated heterocycles. The quantitative estimate of drug-likeness (QED) is 0.498. The van der Waals surface area contributed by atoms with Crippen LogP contribution in [0.15, 0.2) is 51.7 Å². The number of aryl methyl sites for hydroxylation is 2. The van der Waals surface area contributed by atoms with Crippen molar-refractivity contribution in [3.05, 3.63) is 75.1 Å². The van der Waals surface area contributed by atoms with E-state index in [9.17, 15) is 14.7 Å². The minimum Gasteiger partial charge on any atom is -0.480 e. The van der Waals surface area contributed by atoms with E-state index < -0.39 is 11.7 Å². The summed E-state index contributed by atoms with van der Waals surface area (Å²) >= 11 is 0. The predicted octanol–water partition coefficient (Wildman–Crippen LogP) is 5.38. The number of nitrogens with zero attached hydrogens (tertiary/aromatic N) is 1. The molecule has 1 saturated carbocycles. The van der Waals surface area contributed by atoms with Gasteiger partial charge in [-0.2, -0.15) is 0 Å². The van der Waals surface area contributed by atoms with Gasteiger partial charge in [0.2, 0.25) is 0 Å². The topological polar surface area (TPSA) is 80.0 Å². The Balaban J connectivity index is 1.45. The summed E-state index contributed by atoms with van der Waals surface area (Å²) in [4.78, 5) is 28.0. The summed E-state index contributed by atoms with van der Waals surface area (Å²) in [7, 11) is 0. The number of rotatable bonds is 4. The summed E-state index contributed by atoms with van der Waals surface area (Å²) in [5, 5.41) is 12.4. The van der Waals surface area contributed by atoms with Crippen molar-refractivity contribution in [2.24, 2.45) is 5.92 Å². The van der Waals surface area contributed by atoms with E-state index in [0.29, 0.717) is 35.4 Å². The van der Waals surface area contributed by atoms with Gasteiger partial charge in [-0.1, -0.05) is 43.2 Å². The molecule has 1 amide bonds. The molecule has 6 heteroatoms. The molecule has 5 rings (SSSR count). The second-order valence-electron chi connectivity index (χ2n) is 10.6. The lowest BCUT2D eigenvalue weighted by Crippen LogP contribution is -2.58. The predicted molar refractivity (Wildman–Crippen MR) is 139 cm³/mol. The molecule has 0 radical (unpaired) electrons. The summed E-state index contributed by atoms with van der Waals surface area (Å²) in [5.41, 5.74) is 2.64. The first-order valence-electron chi connectivity index (χ1n) is 13.0. The maximum absolute atomic E-state index is 13.8. The number of carbonyl (C=O) groups excluding carboxylic acids is 1. The molecule has 2 aromatic carbocycles. The average molecular weight is 490 g/mol. The van der Waals surface area contributed by atoms with Gasteiger partial charge in [0.05, 0.1) is 11.6 Å². The third-order valence-electron chi connectivity index (χ3n) is 8.47. The van der Waals surface area contributed by atoms with Gasteiger partial charge in [0.1, 0.15) is 11.3 Å². The minimum atomic E-state index is -0.736. The largest absolute Gasteiger partial charge is 0.480 e. The number of hydrogen-bond donors (Lipinski definition) is 1. The Morgan fingerprint density at radius 1 is 1.06 bits per heavy atom. The van der Waals surface area contributed by atoms with Crippen molar-refractivity contribution in [2.45, 2.75) is 77.5 Å². The fourth-order valence-corrected chi connectivity index (χ4v) is 6.22. The van der Waals surface area contributed by atoms with E-state index in [2.05, 4.69) is 12.1 Å². The third-order valence-corrected chi connectivity index (χ3v) is 8.47. The van der Waals surface area contributed by atoms with Crippen molar-refractivity contribution in [3.63, 3.8) is 0 Å². The first-order chi connectivity index (χ1) is 17.2. The number of carbonyl (C=O) groups is 1. The highest BCUT2D eigenvalue weighted by atomic mass is 16.5. The van der Waals surface area contributed by atoms with Crippen molar-refractivity contribution in [2.75, 3.05) is 6.54 Å². The lowest BCUT2D eigenvalue weighted by atomic mass is 9.66. The van der Waals surface area contributed by atoms with E-state index in [1.807, 2.05) is 49.1 Å². The molecule has 1 aliphatic carbocycles. The van der Waals surface area contributed by atoms with E-state index in [0.717, 1.165) is 42.2 Å². The van der Waals surface area contributed by atoms with Gasteiger partial charge in [-0.15, -0.1) is 0 Å². The van der Waals surface area contributed by atoms with Gasteiger partial charge in [0.15, 0.2) is 6.10 Å². The van der Waals surface area contributed by atoms with Gasteiger partial charge in [0.25, 0.3) is 5.91 Å². The number of likely N-dealkylation sites (tertiary alicyclic amines) is 1. The van der Waals surface area contributed by atoms with Crippen LogP contribution >= 0.6 is 0 Å². The molecule has 1 aromatic heterocycles. The molecule has 4 atom stereocenters. The molecular weight excluding hydrogens is 454 g/mol. The van der Waals surface area contributed by atoms with Crippen molar-refractivity contribution < 1.29 is 19.1 Å². The lowest BCUT2D eigenvalue weighted by Gasteiger charge is -2.53. The molecular formula is C30H35NO5. The number of benzene rings is 2. The molecule has 0 bridgehead atoms. The van der Waals surface area contributed by atoms with Crippen molar-refractivity contribution in [1.29, 1.82) is 0 Å². The molecule has 2 heterocycles. The van der Waals surface area contributed by atoms with Gasteiger partial charge in [-0.05, 0) is 70.2 Å². The number of amides is 1. The van der Waals surface area contributed by atoms with Crippen LogP contribution < -0.4 is 10.4 Å². The molecule has 190 valence electrons. The Bertz CT molecular complexity index is 1350. The van der Waals surface area contributed by atoms with Crippen LogP contribution in [0, 0.1) is 26.7 Å². The van der Waals surface area contributed by atoms with Crippen LogP contribution in [0.5, 0.6) is 5.75 Å². The second kappa shape index (κ2) is 9.40. The third kappa shape index (κ3) is 4.11. The van der Waals surface area contributed by atoms with Crippen LogP contribution in [-0.4, -0.2) is 34.2 Å². The van der Waals surface area contributed by atoms with Gasteiger partial charge in [-0.3, -0.25) is 4.79 Å². The number of aliphatic hydroxyl groups is 1. The SMILES string of the molecule is Cc1c(C)c2ccc(O[C@H](C)C(=O)N3CC[C@]4(O)CCCC[C@H]4[C@@H]3c3ccccc3)c(C)c2oc1=O. The second-order valence-corrected chi connectivity index (χ2v) is 10.6. The Morgan fingerprint density at radius 3 is 2.56 bits per heavy atom. The molecule has 36 heavy (non-hydrogen) atoms. The standard InChI is InChI=1S/C30H35NO5/c1-18-19(2)29(33)36-27-20(3)25(14-13-23(18)27)35-21(4)28(32)31-17-16-30(34)15-9-8-12-24(30)26(31)22-10-6-5-7-11-22/h5-7,10-11,13-14,21,24,26,34H,8-9,12,15-17H2,1-4H3/t21-,24+,26+,30-/m1/s1. The highest BCUT2D eigenvalue weighted by Gasteiger charge is 2.50.